The highest BCUT2D eigenvalue weighted by Gasteiger charge is 2.39. The van der Waals surface area contributed by atoms with Crippen LogP contribution < -0.4 is 5.73 Å². The number of ether oxygens (including phenoxy) is 1. The summed E-state index contributed by atoms with van der Waals surface area (Å²) in [5.41, 5.74) is 1.45. The molecule has 4 nitrogen and oxygen atoms in total. The van der Waals surface area contributed by atoms with Gasteiger partial charge < -0.3 is 10.5 Å². The van der Waals surface area contributed by atoms with Gasteiger partial charge >= 0.3 is 12.1 Å². The van der Waals surface area contributed by atoms with Crippen molar-refractivity contribution in [1.82, 2.24) is 4.98 Å². The second-order valence-electron chi connectivity index (χ2n) is 4.00. The van der Waals surface area contributed by atoms with Crippen molar-refractivity contribution < 1.29 is 31.5 Å². The number of aromatic nitrogens is 1. The van der Waals surface area contributed by atoms with Gasteiger partial charge in [0.15, 0.2) is 0 Å². The van der Waals surface area contributed by atoms with Crippen LogP contribution in [0.15, 0.2) is 6.20 Å². The summed E-state index contributed by atoms with van der Waals surface area (Å²) < 4.78 is 69.3. The second-order valence-corrected chi connectivity index (χ2v) is 4.00. The number of esters is 1. The lowest BCUT2D eigenvalue weighted by Crippen LogP contribution is -2.21. The van der Waals surface area contributed by atoms with Gasteiger partial charge in [-0.15, -0.1) is 0 Å². The molecule has 0 atom stereocenters. The standard InChI is InChI=1S/C12H13F5N2O2/c1-2-21-9(20)3-8-10(12(15,16)17)6(4-18)7(5-19-8)11(13)14/h5,11H,2-4,18H2,1H3. The van der Waals surface area contributed by atoms with E-state index in [9.17, 15) is 26.7 Å². The Morgan fingerprint density at radius 1 is 1.43 bits per heavy atom. The van der Waals surface area contributed by atoms with Crippen LogP contribution in [0, 0.1) is 0 Å². The molecule has 1 heterocycles. The molecule has 0 bridgehead atoms. The van der Waals surface area contributed by atoms with Gasteiger partial charge in [0.1, 0.15) is 0 Å². The van der Waals surface area contributed by atoms with E-state index in [-0.39, 0.29) is 6.61 Å². The van der Waals surface area contributed by atoms with Crippen LogP contribution in [-0.4, -0.2) is 17.6 Å². The van der Waals surface area contributed by atoms with E-state index >= 15 is 0 Å². The molecule has 1 rings (SSSR count). The molecule has 0 fully saturated rings. The van der Waals surface area contributed by atoms with E-state index in [1.807, 2.05) is 0 Å². The molecule has 0 aliphatic heterocycles. The molecule has 0 unspecified atom stereocenters. The summed E-state index contributed by atoms with van der Waals surface area (Å²) in [6, 6.07) is 0. The Morgan fingerprint density at radius 3 is 2.48 bits per heavy atom. The highest BCUT2D eigenvalue weighted by atomic mass is 19.4. The Bertz CT molecular complexity index is 517. The number of nitrogens with two attached hydrogens (primary N) is 1. The summed E-state index contributed by atoms with van der Waals surface area (Å²) in [5.74, 6) is -0.928. The summed E-state index contributed by atoms with van der Waals surface area (Å²) in [7, 11) is 0. The summed E-state index contributed by atoms with van der Waals surface area (Å²) >= 11 is 0. The van der Waals surface area contributed by atoms with E-state index in [4.69, 9.17) is 5.73 Å². The molecule has 0 saturated carbocycles. The maximum absolute atomic E-state index is 13.1. The van der Waals surface area contributed by atoms with Gasteiger partial charge in [0.25, 0.3) is 6.43 Å². The maximum atomic E-state index is 13.1. The van der Waals surface area contributed by atoms with Crippen LogP contribution in [0.3, 0.4) is 0 Å². The van der Waals surface area contributed by atoms with Crippen LogP contribution >= 0.6 is 0 Å². The summed E-state index contributed by atoms with van der Waals surface area (Å²) in [6.07, 6.45) is -8.25. The summed E-state index contributed by atoms with van der Waals surface area (Å²) in [4.78, 5) is 14.6. The normalized spacial score (nSPS) is 11.8. The molecule has 118 valence electrons. The van der Waals surface area contributed by atoms with Crippen molar-refractivity contribution in [3.63, 3.8) is 0 Å². The lowest BCUT2D eigenvalue weighted by atomic mass is 9.99. The summed E-state index contributed by atoms with van der Waals surface area (Å²) in [5, 5.41) is 0. The number of nitrogens with zero attached hydrogens (tertiary/aromatic N) is 1. The number of halogens is 5. The van der Waals surface area contributed by atoms with Gasteiger partial charge in [0.05, 0.1) is 24.3 Å². The Balaban J connectivity index is 3.41. The largest absolute Gasteiger partial charge is 0.466 e. The van der Waals surface area contributed by atoms with Crippen molar-refractivity contribution in [2.45, 2.75) is 32.5 Å². The van der Waals surface area contributed by atoms with Gasteiger partial charge in [0.2, 0.25) is 0 Å². The number of pyridine rings is 1. The fraction of sp³-hybridized carbons (Fsp3) is 0.500. The molecule has 0 aliphatic carbocycles. The van der Waals surface area contributed by atoms with Crippen molar-refractivity contribution in [3.05, 3.63) is 28.6 Å². The number of hydrogen-bond acceptors (Lipinski definition) is 4. The number of hydrogen-bond donors (Lipinski definition) is 1. The van der Waals surface area contributed by atoms with Gasteiger partial charge in [-0.2, -0.15) is 13.2 Å². The number of carbonyl (C=O) groups is 1. The summed E-state index contributed by atoms with van der Waals surface area (Å²) in [6.45, 7) is 0.729. The van der Waals surface area contributed by atoms with Crippen LogP contribution in [-0.2, 0) is 28.7 Å². The zero-order valence-corrected chi connectivity index (χ0v) is 11.0. The third kappa shape index (κ3) is 4.10. The van der Waals surface area contributed by atoms with Crippen LogP contribution in [0.25, 0.3) is 0 Å². The van der Waals surface area contributed by atoms with Crippen LogP contribution in [0.4, 0.5) is 22.0 Å². The first-order valence-corrected chi connectivity index (χ1v) is 5.94. The van der Waals surface area contributed by atoms with Crippen molar-refractivity contribution in [1.29, 1.82) is 0 Å². The topological polar surface area (TPSA) is 65.2 Å². The van der Waals surface area contributed by atoms with Crippen LogP contribution in [0.2, 0.25) is 0 Å². The van der Waals surface area contributed by atoms with Gasteiger partial charge in [0, 0.05) is 18.3 Å². The van der Waals surface area contributed by atoms with Crippen LogP contribution in [0.1, 0.15) is 35.7 Å². The van der Waals surface area contributed by atoms with E-state index in [0.29, 0.717) is 6.20 Å². The SMILES string of the molecule is CCOC(=O)Cc1ncc(C(F)F)c(CN)c1C(F)(F)F. The van der Waals surface area contributed by atoms with Gasteiger partial charge in [-0.25, -0.2) is 8.78 Å². The molecule has 2 N–H and O–H groups in total. The highest BCUT2D eigenvalue weighted by Crippen LogP contribution is 2.37. The third-order valence-electron chi connectivity index (χ3n) is 2.64. The molecule has 0 saturated heterocycles. The minimum atomic E-state index is -4.95. The zero-order valence-electron chi connectivity index (χ0n) is 11.0. The molecular formula is C12H13F5N2O2. The van der Waals surface area contributed by atoms with E-state index < -0.39 is 53.9 Å². The van der Waals surface area contributed by atoms with Gasteiger partial charge in [-0.3, -0.25) is 9.78 Å². The third-order valence-corrected chi connectivity index (χ3v) is 2.64. The molecule has 0 radical (unpaired) electrons. The minimum absolute atomic E-state index is 0.0148. The zero-order chi connectivity index (χ0) is 16.2. The highest BCUT2D eigenvalue weighted by molar-refractivity contribution is 5.72. The predicted octanol–water partition coefficient (Wildman–Crippen LogP) is 2.60. The van der Waals surface area contributed by atoms with E-state index in [0.717, 1.165) is 0 Å². The Morgan fingerprint density at radius 2 is 2.05 bits per heavy atom. The van der Waals surface area contributed by atoms with E-state index in [1.54, 1.807) is 0 Å². The molecule has 0 amide bonds. The first-order chi connectivity index (χ1) is 9.72. The minimum Gasteiger partial charge on any atom is -0.466 e. The first kappa shape index (κ1) is 17.3. The molecule has 9 heteroatoms. The second kappa shape index (κ2) is 6.79. The molecule has 0 aliphatic rings. The fourth-order valence-electron chi connectivity index (χ4n) is 1.83. The van der Waals surface area contributed by atoms with Crippen molar-refractivity contribution in [2.24, 2.45) is 5.73 Å². The molecule has 1 aromatic rings. The first-order valence-electron chi connectivity index (χ1n) is 5.94. The lowest BCUT2D eigenvalue weighted by molar-refractivity contribution is -0.143. The molecule has 0 spiro atoms. The molecular weight excluding hydrogens is 299 g/mol. The molecule has 1 aromatic heterocycles. The Hall–Kier alpha value is -1.77. The van der Waals surface area contributed by atoms with Crippen molar-refractivity contribution in [2.75, 3.05) is 6.61 Å². The van der Waals surface area contributed by atoms with E-state index in [1.165, 1.54) is 6.92 Å². The fourth-order valence-corrected chi connectivity index (χ4v) is 1.83. The van der Waals surface area contributed by atoms with E-state index in [2.05, 4.69) is 9.72 Å². The Labute approximate surface area is 117 Å². The van der Waals surface area contributed by atoms with Crippen molar-refractivity contribution in [3.8, 4) is 0 Å². The van der Waals surface area contributed by atoms with Gasteiger partial charge in [-0.05, 0) is 12.5 Å². The number of alkyl halides is 5. The maximum Gasteiger partial charge on any atom is 0.418 e. The number of rotatable bonds is 5. The average molecular weight is 312 g/mol. The Kier molecular flexibility index (Phi) is 5.59. The van der Waals surface area contributed by atoms with Crippen LogP contribution in [0.5, 0.6) is 0 Å². The lowest BCUT2D eigenvalue weighted by Gasteiger charge is -2.18. The quantitative estimate of drug-likeness (QED) is 0.670. The molecule has 21 heavy (non-hydrogen) atoms. The van der Waals surface area contributed by atoms with Gasteiger partial charge in [-0.1, -0.05) is 0 Å². The van der Waals surface area contributed by atoms with Crippen molar-refractivity contribution >= 4 is 5.97 Å². The number of carbonyl (C=O) groups excluding carboxylic acids is 1. The monoisotopic (exact) mass is 312 g/mol. The molecule has 0 aromatic carbocycles. The smallest absolute Gasteiger partial charge is 0.418 e. The average Bonchev–Trinajstić information content (AvgIpc) is 2.36. The predicted molar refractivity (Wildman–Crippen MR) is 62.4 cm³/mol.